The quantitative estimate of drug-likeness (QED) is 0.722. The van der Waals surface area contributed by atoms with Crippen LogP contribution in [0.2, 0.25) is 0 Å². The smallest absolute Gasteiger partial charge is 0.228 e. The van der Waals surface area contributed by atoms with Gasteiger partial charge in [0.25, 0.3) is 0 Å². The molecule has 1 amide bonds. The van der Waals surface area contributed by atoms with Gasteiger partial charge in [-0.25, -0.2) is 0 Å². The van der Waals surface area contributed by atoms with E-state index in [9.17, 15) is 4.79 Å². The second-order valence-corrected chi connectivity index (χ2v) is 4.59. The number of amides is 1. The summed E-state index contributed by atoms with van der Waals surface area (Å²) in [6, 6.07) is 0.0495. The number of nitrogens with zero attached hydrogens (tertiary/aromatic N) is 1. The molecule has 0 radical (unpaired) electrons. The third-order valence-corrected chi connectivity index (χ3v) is 3.42. The maximum atomic E-state index is 12.1. The summed E-state index contributed by atoms with van der Waals surface area (Å²) < 4.78 is 5.41. The largest absolute Gasteiger partial charge is 0.394 e. The fourth-order valence-electron chi connectivity index (χ4n) is 2.54. The number of likely N-dealkylation sites (tertiary alicyclic amines) is 1. The Morgan fingerprint density at radius 3 is 3.00 bits per heavy atom. The second-order valence-electron chi connectivity index (χ2n) is 4.59. The molecule has 2 aliphatic rings. The molecular formula is C11H19NO3. The van der Waals surface area contributed by atoms with E-state index >= 15 is 0 Å². The summed E-state index contributed by atoms with van der Waals surface area (Å²) in [4.78, 5) is 13.9. The summed E-state index contributed by atoms with van der Waals surface area (Å²) in [5, 5.41) is 9.15. The summed E-state index contributed by atoms with van der Waals surface area (Å²) >= 11 is 0. The first-order valence-corrected chi connectivity index (χ1v) is 5.75. The zero-order valence-electron chi connectivity index (χ0n) is 9.19. The van der Waals surface area contributed by atoms with Crippen molar-refractivity contribution in [2.24, 2.45) is 5.92 Å². The summed E-state index contributed by atoms with van der Waals surface area (Å²) in [6.45, 7) is 3.44. The van der Waals surface area contributed by atoms with E-state index in [1.54, 1.807) is 0 Å². The number of hydrogen-bond acceptors (Lipinski definition) is 3. The number of hydrogen-bond donors (Lipinski definition) is 1. The highest BCUT2D eigenvalue weighted by atomic mass is 16.5. The number of aliphatic hydroxyl groups is 1. The Hall–Kier alpha value is -0.610. The second kappa shape index (κ2) is 4.49. The lowest BCUT2D eigenvalue weighted by molar-refractivity contribution is -0.137. The molecule has 4 heteroatoms. The molecule has 4 nitrogen and oxygen atoms in total. The van der Waals surface area contributed by atoms with Gasteiger partial charge in [0, 0.05) is 6.54 Å². The monoisotopic (exact) mass is 213 g/mol. The van der Waals surface area contributed by atoms with E-state index in [-0.39, 0.29) is 30.6 Å². The van der Waals surface area contributed by atoms with Crippen molar-refractivity contribution < 1.29 is 14.6 Å². The van der Waals surface area contributed by atoms with Crippen molar-refractivity contribution in [3.05, 3.63) is 0 Å². The van der Waals surface area contributed by atoms with Gasteiger partial charge in [0.2, 0.25) is 5.91 Å². The highest BCUT2D eigenvalue weighted by molar-refractivity contribution is 5.79. The first kappa shape index (κ1) is 10.9. The summed E-state index contributed by atoms with van der Waals surface area (Å²) in [5.74, 6) is 0.197. The number of aliphatic hydroxyl groups excluding tert-OH is 1. The van der Waals surface area contributed by atoms with Crippen LogP contribution >= 0.6 is 0 Å². The molecule has 15 heavy (non-hydrogen) atoms. The fourth-order valence-corrected chi connectivity index (χ4v) is 2.54. The zero-order valence-corrected chi connectivity index (χ0v) is 9.19. The Balaban J connectivity index is 1.95. The molecule has 0 aliphatic carbocycles. The summed E-state index contributed by atoms with van der Waals surface area (Å²) in [6.07, 6.45) is 2.98. The Bertz CT molecular complexity index is 244. The van der Waals surface area contributed by atoms with Crippen molar-refractivity contribution in [2.75, 3.05) is 19.8 Å². The molecule has 0 aromatic heterocycles. The van der Waals surface area contributed by atoms with Crippen molar-refractivity contribution in [1.82, 2.24) is 4.90 Å². The minimum atomic E-state index is 0.0205. The molecule has 0 aromatic rings. The van der Waals surface area contributed by atoms with Gasteiger partial charge in [0.05, 0.1) is 31.3 Å². The van der Waals surface area contributed by atoms with Gasteiger partial charge in [-0.15, -0.1) is 0 Å². The predicted molar refractivity (Wildman–Crippen MR) is 55.3 cm³/mol. The molecule has 0 spiro atoms. The third kappa shape index (κ3) is 2.16. The van der Waals surface area contributed by atoms with Crippen LogP contribution in [0.5, 0.6) is 0 Å². The lowest BCUT2D eigenvalue weighted by Gasteiger charge is -2.25. The average Bonchev–Trinajstić information content (AvgIpc) is 2.84. The van der Waals surface area contributed by atoms with E-state index in [1.165, 1.54) is 0 Å². The van der Waals surface area contributed by atoms with Gasteiger partial charge in [-0.05, 0) is 26.2 Å². The van der Waals surface area contributed by atoms with Crippen LogP contribution in [0.15, 0.2) is 0 Å². The topological polar surface area (TPSA) is 49.8 Å². The molecule has 0 saturated carbocycles. The van der Waals surface area contributed by atoms with Crippen LogP contribution in [0, 0.1) is 5.92 Å². The van der Waals surface area contributed by atoms with Crippen molar-refractivity contribution in [2.45, 2.75) is 38.3 Å². The van der Waals surface area contributed by atoms with Gasteiger partial charge >= 0.3 is 0 Å². The van der Waals surface area contributed by atoms with Gasteiger partial charge in [-0.3, -0.25) is 4.79 Å². The number of carbonyl (C=O) groups is 1. The normalized spacial score (nSPS) is 36.1. The standard InChI is InChI=1S/C11H19NO3/c1-8-5-9(7-15-8)11(14)12-4-2-3-10(12)6-13/h8-10,13H,2-7H2,1H3/t8?,9?,10-/m0/s1. The molecular weight excluding hydrogens is 194 g/mol. The third-order valence-electron chi connectivity index (χ3n) is 3.42. The predicted octanol–water partition coefficient (Wildman–Crippen LogP) is 0.395. The van der Waals surface area contributed by atoms with Crippen LogP contribution in [-0.2, 0) is 9.53 Å². The van der Waals surface area contributed by atoms with Crippen molar-refractivity contribution in [3.8, 4) is 0 Å². The highest BCUT2D eigenvalue weighted by Crippen LogP contribution is 2.25. The van der Waals surface area contributed by atoms with Gasteiger partial charge in [-0.2, -0.15) is 0 Å². The van der Waals surface area contributed by atoms with E-state index in [1.807, 2.05) is 11.8 Å². The van der Waals surface area contributed by atoms with Crippen molar-refractivity contribution >= 4 is 5.91 Å². The summed E-state index contributed by atoms with van der Waals surface area (Å²) in [5.41, 5.74) is 0. The number of rotatable bonds is 2. The van der Waals surface area contributed by atoms with Crippen molar-refractivity contribution in [3.63, 3.8) is 0 Å². The van der Waals surface area contributed by atoms with Crippen LogP contribution in [0.25, 0.3) is 0 Å². The lowest BCUT2D eigenvalue weighted by Crippen LogP contribution is -2.41. The van der Waals surface area contributed by atoms with Crippen LogP contribution < -0.4 is 0 Å². The molecule has 86 valence electrons. The highest BCUT2D eigenvalue weighted by Gasteiger charge is 2.36. The van der Waals surface area contributed by atoms with Gasteiger partial charge in [0.1, 0.15) is 0 Å². The Kier molecular flexibility index (Phi) is 3.26. The van der Waals surface area contributed by atoms with E-state index in [4.69, 9.17) is 9.84 Å². The van der Waals surface area contributed by atoms with E-state index < -0.39 is 0 Å². The molecule has 1 N–H and O–H groups in total. The minimum absolute atomic E-state index is 0.0205. The lowest BCUT2D eigenvalue weighted by atomic mass is 10.0. The zero-order chi connectivity index (χ0) is 10.8. The molecule has 2 heterocycles. The average molecular weight is 213 g/mol. The first-order valence-electron chi connectivity index (χ1n) is 5.75. The Morgan fingerprint density at radius 2 is 2.40 bits per heavy atom. The molecule has 0 bridgehead atoms. The molecule has 2 aliphatic heterocycles. The molecule has 2 unspecified atom stereocenters. The molecule has 0 aromatic carbocycles. The van der Waals surface area contributed by atoms with Gasteiger partial charge < -0.3 is 14.7 Å². The van der Waals surface area contributed by atoms with E-state index in [0.29, 0.717) is 6.61 Å². The molecule has 2 rings (SSSR count). The molecule has 2 fully saturated rings. The van der Waals surface area contributed by atoms with Crippen LogP contribution in [0.4, 0.5) is 0 Å². The van der Waals surface area contributed by atoms with Gasteiger partial charge in [-0.1, -0.05) is 0 Å². The van der Waals surface area contributed by atoms with Crippen molar-refractivity contribution in [1.29, 1.82) is 0 Å². The van der Waals surface area contributed by atoms with E-state index in [0.717, 1.165) is 25.8 Å². The summed E-state index contributed by atoms with van der Waals surface area (Å²) in [7, 11) is 0. The number of carbonyl (C=O) groups excluding carboxylic acids is 1. The minimum Gasteiger partial charge on any atom is -0.394 e. The fraction of sp³-hybridized carbons (Fsp3) is 0.909. The van der Waals surface area contributed by atoms with Crippen LogP contribution in [0.3, 0.4) is 0 Å². The van der Waals surface area contributed by atoms with Gasteiger partial charge in [0.15, 0.2) is 0 Å². The molecule has 2 saturated heterocycles. The maximum Gasteiger partial charge on any atom is 0.228 e. The number of ether oxygens (including phenoxy) is 1. The first-order chi connectivity index (χ1) is 7.22. The Morgan fingerprint density at radius 1 is 1.60 bits per heavy atom. The maximum absolute atomic E-state index is 12.1. The Labute approximate surface area is 90.2 Å². The van der Waals surface area contributed by atoms with E-state index in [2.05, 4.69) is 0 Å². The van der Waals surface area contributed by atoms with Crippen LogP contribution in [-0.4, -0.2) is 47.8 Å². The SMILES string of the molecule is CC1CC(C(=O)N2CCC[C@H]2CO)CO1. The molecule has 3 atom stereocenters. The van der Waals surface area contributed by atoms with Crippen LogP contribution in [0.1, 0.15) is 26.2 Å².